The highest BCUT2D eigenvalue weighted by molar-refractivity contribution is 4.79. The van der Waals surface area contributed by atoms with Gasteiger partial charge in [0.05, 0.1) is 6.33 Å². The summed E-state index contributed by atoms with van der Waals surface area (Å²) in [5, 5.41) is 3.75. The van der Waals surface area contributed by atoms with E-state index in [1.165, 1.54) is 38.5 Å². The first-order valence-electron chi connectivity index (χ1n) is 7.93. The SMILES string of the molecule is CC(C)CC1CCCC(NCCCn2ccnc2)C1. The Labute approximate surface area is 117 Å². The van der Waals surface area contributed by atoms with Crippen molar-refractivity contribution in [1.29, 1.82) is 0 Å². The topological polar surface area (TPSA) is 29.9 Å². The van der Waals surface area contributed by atoms with E-state index in [-0.39, 0.29) is 0 Å². The minimum atomic E-state index is 0.764. The first-order valence-corrected chi connectivity index (χ1v) is 7.93. The molecule has 1 aromatic heterocycles. The molecule has 1 fully saturated rings. The molecule has 1 N–H and O–H groups in total. The predicted octanol–water partition coefficient (Wildman–Crippen LogP) is 3.47. The molecule has 1 heterocycles. The Morgan fingerprint density at radius 2 is 2.26 bits per heavy atom. The van der Waals surface area contributed by atoms with Gasteiger partial charge in [0.25, 0.3) is 0 Å². The van der Waals surface area contributed by atoms with E-state index in [1.807, 2.05) is 18.7 Å². The van der Waals surface area contributed by atoms with Crippen LogP contribution in [-0.2, 0) is 6.54 Å². The number of nitrogens with one attached hydrogen (secondary N) is 1. The summed E-state index contributed by atoms with van der Waals surface area (Å²) >= 11 is 0. The highest BCUT2D eigenvalue weighted by Gasteiger charge is 2.21. The maximum absolute atomic E-state index is 4.07. The lowest BCUT2D eigenvalue weighted by atomic mass is 9.81. The van der Waals surface area contributed by atoms with Crippen molar-refractivity contribution < 1.29 is 0 Å². The maximum Gasteiger partial charge on any atom is 0.0945 e. The summed E-state index contributed by atoms with van der Waals surface area (Å²) in [6, 6.07) is 0.764. The zero-order valence-corrected chi connectivity index (χ0v) is 12.5. The Morgan fingerprint density at radius 1 is 1.37 bits per heavy atom. The van der Waals surface area contributed by atoms with Crippen molar-refractivity contribution in [1.82, 2.24) is 14.9 Å². The highest BCUT2D eigenvalue weighted by Crippen LogP contribution is 2.29. The lowest BCUT2D eigenvalue weighted by molar-refractivity contribution is 0.252. The molecule has 1 aliphatic rings. The zero-order valence-electron chi connectivity index (χ0n) is 12.5. The molecule has 1 aliphatic carbocycles. The van der Waals surface area contributed by atoms with Gasteiger partial charge in [-0.05, 0) is 44.1 Å². The molecular formula is C16H29N3. The maximum atomic E-state index is 4.07. The molecular weight excluding hydrogens is 234 g/mol. The molecule has 0 aromatic carbocycles. The summed E-state index contributed by atoms with van der Waals surface area (Å²) in [5.41, 5.74) is 0. The molecule has 0 aliphatic heterocycles. The van der Waals surface area contributed by atoms with Gasteiger partial charge in [0.15, 0.2) is 0 Å². The van der Waals surface area contributed by atoms with Gasteiger partial charge < -0.3 is 9.88 Å². The zero-order chi connectivity index (χ0) is 13.5. The van der Waals surface area contributed by atoms with Crippen molar-refractivity contribution in [2.24, 2.45) is 11.8 Å². The van der Waals surface area contributed by atoms with E-state index in [0.29, 0.717) is 0 Å². The number of rotatable bonds is 7. The molecule has 0 radical (unpaired) electrons. The minimum Gasteiger partial charge on any atom is -0.337 e. The molecule has 2 unspecified atom stereocenters. The fourth-order valence-electron chi connectivity index (χ4n) is 3.34. The normalized spacial score (nSPS) is 23.9. The van der Waals surface area contributed by atoms with Crippen LogP contribution in [0.5, 0.6) is 0 Å². The Bertz CT molecular complexity index is 332. The third-order valence-corrected chi connectivity index (χ3v) is 4.17. The number of nitrogens with zero attached hydrogens (tertiary/aromatic N) is 2. The summed E-state index contributed by atoms with van der Waals surface area (Å²) in [6.07, 6.45) is 14.0. The summed E-state index contributed by atoms with van der Waals surface area (Å²) in [5.74, 6) is 1.81. The Balaban J connectivity index is 1.60. The summed E-state index contributed by atoms with van der Waals surface area (Å²) in [6.45, 7) is 6.91. The van der Waals surface area contributed by atoms with Crippen LogP contribution >= 0.6 is 0 Å². The number of hydrogen-bond donors (Lipinski definition) is 1. The quantitative estimate of drug-likeness (QED) is 0.763. The molecule has 2 rings (SSSR count). The fourth-order valence-corrected chi connectivity index (χ4v) is 3.34. The van der Waals surface area contributed by atoms with Crippen molar-refractivity contribution >= 4 is 0 Å². The van der Waals surface area contributed by atoms with Gasteiger partial charge in [-0.25, -0.2) is 4.98 Å². The summed E-state index contributed by atoms with van der Waals surface area (Å²) < 4.78 is 2.16. The lowest BCUT2D eigenvalue weighted by Gasteiger charge is -2.31. The molecule has 19 heavy (non-hydrogen) atoms. The number of imidazole rings is 1. The molecule has 0 saturated heterocycles. The molecule has 0 bridgehead atoms. The smallest absolute Gasteiger partial charge is 0.0945 e. The number of hydrogen-bond acceptors (Lipinski definition) is 2. The number of aryl methyl sites for hydroxylation is 1. The van der Waals surface area contributed by atoms with Crippen molar-refractivity contribution in [2.45, 2.75) is 65.0 Å². The predicted molar refractivity (Wildman–Crippen MR) is 80.0 cm³/mol. The van der Waals surface area contributed by atoms with Gasteiger partial charge in [0.2, 0.25) is 0 Å². The van der Waals surface area contributed by atoms with Crippen LogP contribution in [0, 0.1) is 11.8 Å². The van der Waals surface area contributed by atoms with Crippen LogP contribution in [0.4, 0.5) is 0 Å². The second kappa shape index (κ2) is 7.68. The van der Waals surface area contributed by atoms with Crippen LogP contribution in [0.15, 0.2) is 18.7 Å². The second-order valence-electron chi connectivity index (χ2n) is 6.47. The fraction of sp³-hybridized carbons (Fsp3) is 0.812. The largest absolute Gasteiger partial charge is 0.337 e. The van der Waals surface area contributed by atoms with Gasteiger partial charge in [-0.1, -0.05) is 26.7 Å². The molecule has 1 saturated carbocycles. The van der Waals surface area contributed by atoms with Crippen molar-refractivity contribution in [2.75, 3.05) is 6.54 Å². The average molecular weight is 263 g/mol. The Morgan fingerprint density at radius 3 is 3.00 bits per heavy atom. The molecule has 108 valence electrons. The third kappa shape index (κ3) is 5.35. The van der Waals surface area contributed by atoms with Gasteiger partial charge in [0.1, 0.15) is 0 Å². The van der Waals surface area contributed by atoms with Gasteiger partial charge in [0, 0.05) is 25.0 Å². The van der Waals surface area contributed by atoms with E-state index >= 15 is 0 Å². The molecule has 0 spiro atoms. The van der Waals surface area contributed by atoms with Crippen LogP contribution in [-0.4, -0.2) is 22.1 Å². The van der Waals surface area contributed by atoms with E-state index in [2.05, 4.69) is 28.7 Å². The number of aromatic nitrogens is 2. The van der Waals surface area contributed by atoms with Crippen molar-refractivity contribution in [3.8, 4) is 0 Å². The van der Waals surface area contributed by atoms with Crippen LogP contribution in [0.2, 0.25) is 0 Å². The highest BCUT2D eigenvalue weighted by atomic mass is 15.0. The van der Waals surface area contributed by atoms with E-state index in [0.717, 1.165) is 31.0 Å². The van der Waals surface area contributed by atoms with Gasteiger partial charge in [-0.15, -0.1) is 0 Å². The van der Waals surface area contributed by atoms with Gasteiger partial charge >= 0.3 is 0 Å². The lowest BCUT2D eigenvalue weighted by Crippen LogP contribution is -2.35. The van der Waals surface area contributed by atoms with E-state index < -0.39 is 0 Å². The van der Waals surface area contributed by atoms with E-state index in [4.69, 9.17) is 0 Å². The first kappa shape index (κ1) is 14.6. The van der Waals surface area contributed by atoms with Crippen molar-refractivity contribution in [3.05, 3.63) is 18.7 Å². The Hall–Kier alpha value is -0.830. The van der Waals surface area contributed by atoms with Crippen LogP contribution in [0.1, 0.15) is 52.4 Å². The van der Waals surface area contributed by atoms with Crippen LogP contribution < -0.4 is 5.32 Å². The average Bonchev–Trinajstić information content (AvgIpc) is 2.87. The monoisotopic (exact) mass is 263 g/mol. The molecule has 1 aromatic rings. The van der Waals surface area contributed by atoms with Crippen molar-refractivity contribution in [3.63, 3.8) is 0 Å². The summed E-state index contributed by atoms with van der Waals surface area (Å²) in [7, 11) is 0. The standard InChI is InChI=1S/C16H29N3/c1-14(2)11-15-5-3-6-16(12-15)18-7-4-9-19-10-8-17-13-19/h8,10,13-16,18H,3-7,9,11-12H2,1-2H3. The minimum absolute atomic E-state index is 0.764. The molecule has 0 amide bonds. The van der Waals surface area contributed by atoms with E-state index in [1.54, 1.807) is 0 Å². The van der Waals surface area contributed by atoms with Gasteiger partial charge in [-0.3, -0.25) is 0 Å². The van der Waals surface area contributed by atoms with E-state index in [9.17, 15) is 0 Å². The molecule has 3 nitrogen and oxygen atoms in total. The summed E-state index contributed by atoms with van der Waals surface area (Å²) in [4.78, 5) is 4.07. The third-order valence-electron chi connectivity index (χ3n) is 4.17. The van der Waals surface area contributed by atoms with Crippen LogP contribution in [0.25, 0.3) is 0 Å². The molecule has 2 atom stereocenters. The van der Waals surface area contributed by atoms with Gasteiger partial charge in [-0.2, -0.15) is 0 Å². The van der Waals surface area contributed by atoms with Crippen LogP contribution in [0.3, 0.4) is 0 Å². The first-order chi connectivity index (χ1) is 9.24. The molecule has 3 heteroatoms. The second-order valence-corrected chi connectivity index (χ2v) is 6.47. The Kier molecular flexibility index (Phi) is 5.90.